The molecule has 1 saturated heterocycles. The molecule has 7 nitrogen and oxygen atoms in total. The molecule has 132 valence electrons. The van der Waals surface area contributed by atoms with E-state index in [2.05, 4.69) is 10.0 Å². The van der Waals surface area contributed by atoms with Crippen molar-refractivity contribution in [2.24, 2.45) is 5.11 Å². The number of methoxy groups -OCH3 is 2. The third-order valence-corrected chi connectivity index (χ3v) is 3.72. The Balaban J connectivity index is 1.93. The summed E-state index contributed by atoms with van der Waals surface area (Å²) in [4.78, 5) is 2.80. The lowest BCUT2D eigenvalue weighted by Gasteiger charge is -2.19. The predicted octanol–water partition coefficient (Wildman–Crippen LogP) is 2.94. The standard InChI is InChI=1S/C15H19F2N3O4/c1-21-14-6-13(24-15(14)22-2)12(19-20-18)8-23-7-9-3-10(16)5-11(17)4-9/h3-5,12-15H,6-8H2,1-2H3/t12-,13-,14+,15?/m0/s1. The number of rotatable bonds is 8. The fourth-order valence-electron chi connectivity index (χ4n) is 2.59. The van der Waals surface area contributed by atoms with Gasteiger partial charge in [-0.05, 0) is 23.2 Å². The summed E-state index contributed by atoms with van der Waals surface area (Å²) in [5.74, 6) is -1.35. The van der Waals surface area contributed by atoms with Gasteiger partial charge in [-0.1, -0.05) is 5.11 Å². The summed E-state index contributed by atoms with van der Waals surface area (Å²) in [7, 11) is 3.04. The SMILES string of the molecule is COC1O[C@H]([C@H](COCc2cc(F)cc(F)c2)N=[N+]=[N-])C[C@H]1OC. The monoisotopic (exact) mass is 343 g/mol. The molecule has 1 aromatic rings. The summed E-state index contributed by atoms with van der Waals surface area (Å²) >= 11 is 0. The summed E-state index contributed by atoms with van der Waals surface area (Å²) in [6.07, 6.45) is -0.765. The second-order valence-electron chi connectivity index (χ2n) is 5.35. The van der Waals surface area contributed by atoms with Crippen LogP contribution in [0.1, 0.15) is 12.0 Å². The van der Waals surface area contributed by atoms with E-state index in [1.54, 1.807) is 7.11 Å². The molecule has 24 heavy (non-hydrogen) atoms. The Hall–Kier alpha value is -1.77. The zero-order valence-electron chi connectivity index (χ0n) is 13.4. The van der Waals surface area contributed by atoms with Gasteiger partial charge >= 0.3 is 0 Å². The Kier molecular flexibility index (Phi) is 6.89. The van der Waals surface area contributed by atoms with Crippen LogP contribution in [0, 0.1) is 11.6 Å². The largest absolute Gasteiger partial charge is 0.376 e. The van der Waals surface area contributed by atoms with Crippen LogP contribution >= 0.6 is 0 Å². The molecule has 0 saturated carbocycles. The van der Waals surface area contributed by atoms with E-state index in [9.17, 15) is 8.78 Å². The number of benzene rings is 1. The van der Waals surface area contributed by atoms with Crippen LogP contribution in [0.15, 0.2) is 23.3 Å². The summed E-state index contributed by atoms with van der Waals surface area (Å²) in [6.45, 7) is 0.0278. The fourth-order valence-corrected chi connectivity index (χ4v) is 2.59. The van der Waals surface area contributed by atoms with Crippen LogP contribution in [-0.4, -0.2) is 45.4 Å². The van der Waals surface area contributed by atoms with Crippen molar-refractivity contribution < 1.29 is 27.7 Å². The van der Waals surface area contributed by atoms with E-state index in [0.717, 1.165) is 6.07 Å². The van der Waals surface area contributed by atoms with E-state index in [4.69, 9.17) is 24.5 Å². The topological polar surface area (TPSA) is 85.7 Å². The van der Waals surface area contributed by atoms with Gasteiger partial charge in [0.15, 0.2) is 6.29 Å². The first kappa shape index (κ1) is 18.6. The second-order valence-corrected chi connectivity index (χ2v) is 5.35. The molecular formula is C15H19F2N3O4. The summed E-state index contributed by atoms with van der Waals surface area (Å²) in [5, 5.41) is 3.68. The van der Waals surface area contributed by atoms with Gasteiger partial charge < -0.3 is 18.9 Å². The number of hydrogen-bond acceptors (Lipinski definition) is 5. The van der Waals surface area contributed by atoms with Gasteiger partial charge in [0.1, 0.15) is 17.7 Å². The summed E-state index contributed by atoms with van der Waals surface area (Å²) < 4.78 is 47.8. The molecule has 0 N–H and O–H groups in total. The highest BCUT2D eigenvalue weighted by Crippen LogP contribution is 2.27. The Bertz CT molecular complexity index is 566. The highest BCUT2D eigenvalue weighted by molar-refractivity contribution is 5.16. The minimum Gasteiger partial charge on any atom is -0.376 e. The molecule has 0 amide bonds. The van der Waals surface area contributed by atoms with Crippen molar-refractivity contribution >= 4 is 0 Å². The van der Waals surface area contributed by atoms with Crippen LogP contribution in [0.5, 0.6) is 0 Å². The molecule has 9 heteroatoms. The molecule has 0 radical (unpaired) electrons. The number of hydrogen-bond donors (Lipinski definition) is 0. The van der Waals surface area contributed by atoms with Gasteiger partial charge in [0.05, 0.1) is 25.4 Å². The van der Waals surface area contributed by atoms with Crippen molar-refractivity contribution in [3.63, 3.8) is 0 Å². The van der Waals surface area contributed by atoms with Gasteiger partial charge in [-0.15, -0.1) is 0 Å². The third kappa shape index (κ3) is 4.86. The van der Waals surface area contributed by atoms with Crippen LogP contribution < -0.4 is 0 Å². The van der Waals surface area contributed by atoms with E-state index >= 15 is 0 Å². The molecular weight excluding hydrogens is 324 g/mol. The summed E-state index contributed by atoms with van der Waals surface area (Å²) in [5.41, 5.74) is 9.07. The lowest BCUT2D eigenvalue weighted by molar-refractivity contribution is -0.159. The van der Waals surface area contributed by atoms with Crippen molar-refractivity contribution in [1.29, 1.82) is 0 Å². The Labute approximate surface area is 138 Å². The Morgan fingerprint density at radius 3 is 2.54 bits per heavy atom. The first-order valence-electron chi connectivity index (χ1n) is 7.35. The van der Waals surface area contributed by atoms with E-state index in [0.29, 0.717) is 12.0 Å². The summed E-state index contributed by atoms with van der Waals surface area (Å²) in [6, 6.07) is 2.54. The van der Waals surface area contributed by atoms with Crippen molar-refractivity contribution in [3.8, 4) is 0 Å². The van der Waals surface area contributed by atoms with Crippen molar-refractivity contribution in [2.75, 3.05) is 20.8 Å². The minimum atomic E-state index is -0.676. The molecule has 1 unspecified atom stereocenters. The molecule has 1 heterocycles. The van der Waals surface area contributed by atoms with Crippen LogP contribution in [0.2, 0.25) is 0 Å². The lowest BCUT2D eigenvalue weighted by atomic mass is 10.1. The molecule has 1 aliphatic rings. The molecule has 1 aliphatic heterocycles. The number of azide groups is 1. The van der Waals surface area contributed by atoms with Crippen LogP contribution in [-0.2, 0) is 25.6 Å². The van der Waals surface area contributed by atoms with Crippen molar-refractivity contribution in [3.05, 3.63) is 45.8 Å². The normalized spacial score (nSPS) is 24.6. The molecule has 0 bridgehead atoms. The van der Waals surface area contributed by atoms with Crippen LogP contribution in [0.4, 0.5) is 8.78 Å². The average molecular weight is 343 g/mol. The first-order chi connectivity index (χ1) is 11.6. The van der Waals surface area contributed by atoms with Crippen LogP contribution in [0.3, 0.4) is 0 Å². The number of halogens is 2. The first-order valence-corrected chi connectivity index (χ1v) is 7.35. The zero-order valence-corrected chi connectivity index (χ0v) is 13.4. The van der Waals surface area contributed by atoms with Gasteiger partial charge in [-0.3, -0.25) is 0 Å². The Morgan fingerprint density at radius 1 is 1.29 bits per heavy atom. The average Bonchev–Trinajstić information content (AvgIpc) is 2.96. The van der Waals surface area contributed by atoms with Gasteiger partial charge in [0, 0.05) is 31.6 Å². The van der Waals surface area contributed by atoms with Crippen molar-refractivity contribution in [1.82, 2.24) is 0 Å². The molecule has 4 atom stereocenters. The maximum atomic E-state index is 13.1. The van der Waals surface area contributed by atoms with Gasteiger partial charge in [-0.25, -0.2) is 8.78 Å². The van der Waals surface area contributed by atoms with Gasteiger partial charge in [0.25, 0.3) is 0 Å². The van der Waals surface area contributed by atoms with E-state index < -0.39 is 30.1 Å². The quantitative estimate of drug-likeness (QED) is 0.412. The minimum absolute atomic E-state index is 0.0136. The maximum Gasteiger partial charge on any atom is 0.183 e. The molecule has 0 aliphatic carbocycles. The smallest absolute Gasteiger partial charge is 0.183 e. The van der Waals surface area contributed by atoms with E-state index in [1.165, 1.54) is 19.2 Å². The van der Waals surface area contributed by atoms with E-state index in [-0.39, 0.29) is 19.3 Å². The zero-order chi connectivity index (χ0) is 17.5. The van der Waals surface area contributed by atoms with Gasteiger partial charge in [0.2, 0.25) is 0 Å². The second kappa shape index (κ2) is 8.91. The van der Waals surface area contributed by atoms with Crippen LogP contribution in [0.25, 0.3) is 10.4 Å². The number of ether oxygens (including phenoxy) is 4. The molecule has 1 fully saturated rings. The highest BCUT2D eigenvalue weighted by Gasteiger charge is 2.39. The molecule has 1 aromatic carbocycles. The van der Waals surface area contributed by atoms with Gasteiger partial charge in [-0.2, -0.15) is 0 Å². The molecule has 0 aromatic heterocycles. The number of nitrogens with zero attached hydrogens (tertiary/aromatic N) is 3. The molecule has 2 rings (SSSR count). The Morgan fingerprint density at radius 2 is 2.00 bits per heavy atom. The fraction of sp³-hybridized carbons (Fsp3) is 0.600. The predicted molar refractivity (Wildman–Crippen MR) is 80.0 cm³/mol. The highest BCUT2D eigenvalue weighted by atomic mass is 19.1. The van der Waals surface area contributed by atoms with Crippen molar-refractivity contribution in [2.45, 2.75) is 37.6 Å². The van der Waals surface area contributed by atoms with E-state index in [1.807, 2.05) is 0 Å². The molecule has 0 spiro atoms. The maximum absolute atomic E-state index is 13.1. The third-order valence-electron chi connectivity index (χ3n) is 3.72. The lowest BCUT2D eigenvalue weighted by Crippen LogP contribution is -2.29.